The maximum absolute atomic E-state index is 6.47. The predicted molar refractivity (Wildman–Crippen MR) is 118 cm³/mol. The summed E-state index contributed by atoms with van der Waals surface area (Å²) in [6, 6.07) is 19.2. The second-order valence-electron chi connectivity index (χ2n) is 7.24. The SMILES string of the molecule is CC(C)[C@H]1CO/C(=C2\C=CC=C2P(=S)(c2ccccc2)c2ccccc2)N1. The van der Waals surface area contributed by atoms with Crippen molar-refractivity contribution in [2.24, 2.45) is 5.92 Å². The second kappa shape index (κ2) is 7.50. The summed E-state index contributed by atoms with van der Waals surface area (Å²) in [6.07, 6.45) is 6.41. The van der Waals surface area contributed by atoms with Gasteiger partial charge in [0, 0.05) is 16.9 Å². The van der Waals surface area contributed by atoms with E-state index in [0.29, 0.717) is 18.6 Å². The minimum atomic E-state index is -2.17. The molecule has 2 aliphatic rings. The van der Waals surface area contributed by atoms with Crippen molar-refractivity contribution in [2.75, 3.05) is 6.61 Å². The van der Waals surface area contributed by atoms with Gasteiger partial charge in [0.15, 0.2) is 5.88 Å². The molecule has 1 heterocycles. The zero-order chi connectivity index (χ0) is 18.9. The molecule has 0 aromatic heterocycles. The summed E-state index contributed by atoms with van der Waals surface area (Å²) in [5.74, 6) is 1.39. The number of rotatable bonds is 4. The van der Waals surface area contributed by atoms with E-state index in [9.17, 15) is 0 Å². The standard InChI is InChI=1S/C23H24NOPS/c1-17(2)21-16-25-23(24-21)20-14-9-15-22(20)26(27,18-10-5-3-6-11-18)19-12-7-4-8-13-19/h3-15,17,21,24H,16H2,1-2H3/b23-20+/t21-/m1/s1. The van der Waals surface area contributed by atoms with Crippen molar-refractivity contribution in [2.45, 2.75) is 19.9 Å². The Morgan fingerprint density at radius 3 is 2.11 bits per heavy atom. The van der Waals surface area contributed by atoms with E-state index < -0.39 is 6.04 Å². The molecule has 138 valence electrons. The van der Waals surface area contributed by atoms with Crippen molar-refractivity contribution in [3.05, 3.63) is 95.7 Å². The van der Waals surface area contributed by atoms with Crippen LogP contribution < -0.4 is 15.9 Å². The first kappa shape index (κ1) is 18.3. The average Bonchev–Trinajstić information content (AvgIpc) is 3.38. The highest BCUT2D eigenvalue weighted by atomic mass is 32.4. The van der Waals surface area contributed by atoms with Crippen LogP contribution in [0, 0.1) is 5.92 Å². The molecular formula is C23H24NOPS. The lowest BCUT2D eigenvalue weighted by Gasteiger charge is -2.26. The van der Waals surface area contributed by atoms with Crippen LogP contribution in [0.4, 0.5) is 0 Å². The highest BCUT2D eigenvalue weighted by Gasteiger charge is 2.34. The first-order valence-electron chi connectivity index (χ1n) is 9.35. The van der Waals surface area contributed by atoms with Gasteiger partial charge < -0.3 is 10.1 Å². The van der Waals surface area contributed by atoms with E-state index in [-0.39, 0.29) is 0 Å². The van der Waals surface area contributed by atoms with Crippen LogP contribution in [0.3, 0.4) is 0 Å². The lowest BCUT2D eigenvalue weighted by molar-refractivity contribution is 0.242. The molecule has 2 nitrogen and oxygen atoms in total. The fraction of sp³-hybridized carbons (Fsp3) is 0.217. The van der Waals surface area contributed by atoms with Crippen LogP contribution in [0.15, 0.2) is 95.7 Å². The normalized spacial score (nSPS) is 21.9. The average molecular weight is 393 g/mol. The molecule has 1 fully saturated rings. The molecule has 0 saturated carbocycles. The minimum absolute atomic E-state index is 0.342. The summed E-state index contributed by atoms with van der Waals surface area (Å²) in [7, 11) is 0. The zero-order valence-corrected chi connectivity index (χ0v) is 17.3. The predicted octanol–water partition coefficient (Wildman–Crippen LogP) is 4.43. The number of hydrogen-bond donors (Lipinski definition) is 1. The first-order valence-corrected chi connectivity index (χ1v) is 12.1. The smallest absolute Gasteiger partial charge is 0.195 e. The quantitative estimate of drug-likeness (QED) is 0.777. The van der Waals surface area contributed by atoms with Crippen LogP contribution >= 0.6 is 6.04 Å². The lowest BCUT2D eigenvalue weighted by Crippen LogP contribution is -2.29. The fourth-order valence-electron chi connectivity index (χ4n) is 3.52. The molecule has 1 N–H and O–H groups in total. The van der Waals surface area contributed by atoms with Crippen molar-refractivity contribution < 1.29 is 4.74 Å². The molecule has 1 atom stereocenters. The van der Waals surface area contributed by atoms with Crippen molar-refractivity contribution in [1.29, 1.82) is 0 Å². The Hall–Kier alpha value is -2.09. The number of benzene rings is 2. The molecule has 2 aromatic carbocycles. The summed E-state index contributed by atoms with van der Waals surface area (Å²) in [5, 5.41) is 7.18. The molecule has 0 radical (unpaired) electrons. The van der Waals surface area contributed by atoms with Gasteiger partial charge in [-0.15, -0.1) is 0 Å². The first-order chi connectivity index (χ1) is 13.1. The van der Waals surface area contributed by atoms with E-state index >= 15 is 0 Å². The van der Waals surface area contributed by atoms with Gasteiger partial charge in [0.05, 0.1) is 6.04 Å². The molecule has 0 spiro atoms. The Morgan fingerprint density at radius 1 is 1.00 bits per heavy atom. The van der Waals surface area contributed by atoms with E-state index in [1.807, 2.05) is 12.1 Å². The molecule has 4 rings (SSSR count). The van der Waals surface area contributed by atoms with Gasteiger partial charge in [-0.2, -0.15) is 0 Å². The second-order valence-corrected chi connectivity index (χ2v) is 11.6. The highest BCUT2D eigenvalue weighted by molar-refractivity contribution is 8.24. The van der Waals surface area contributed by atoms with Gasteiger partial charge >= 0.3 is 0 Å². The van der Waals surface area contributed by atoms with E-state index in [2.05, 4.69) is 85.9 Å². The van der Waals surface area contributed by atoms with Crippen molar-refractivity contribution >= 4 is 28.5 Å². The van der Waals surface area contributed by atoms with Gasteiger partial charge in [0.25, 0.3) is 0 Å². The fourth-order valence-corrected chi connectivity index (χ4v) is 7.58. The van der Waals surface area contributed by atoms with Crippen LogP contribution in [0.5, 0.6) is 0 Å². The molecule has 2 aromatic rings. The summed E-state index contributed by atoms with van der Waals surface area (Å²) in [4.78, 5) is 0. The van der Waals surface area contributed by atoms with Gasteiger partial charge in [-0.05, 0) is 22.6 Å². The van der Waals surface area contributed by atoms with Gasteiger partial charge in [0.2, 0.25) is 0 Å². The summed E-state index contributed by atoms with van der Waals surface area (Å²) in [5.41, 5.74) is 1.11. The monoisotopic (exact) mass is 393 g/mol. The van der Waals surface area contributed by atoms with Crippen LogP contribution in [0.25, 0.3) is 0 Å². The van der Waals surface area contributed by atoms with Gasteiger partial charge in [-0.25, -0.2) is 0 Å². The number of nitrogens with one attached hydrogen (secondary N) is 1. The van der Waals surface area contributed by atoms with Crippen molar-refractivity contribution in [1.82, 2.24) is 5.32 Å². The molecule has 1 aliphatic carbocycles. The summed E-state index contributed by atoms with van der Waals surface area (Å²) in [6.45, 7) is 5.14. The van der Waals surface area contributed by atoms with Crippen molar-refractivity contribution in [3.8, 4) is 0 Å². The van der Waals surface area contributed by atoms with Gasteiger partial charge in [-0.3, -0.25) is 0 Å². The third kappa shape index (κ3) is 3.31. The van der Waals surface area contributed by atoms with E-state index in [4.69, 9.17) is 16.5 Å². The Labute approximate surface area is 166 Å². The molecular weight excluding hydrogens is 369 g/mol. The van der Waals surface area contributed by atoms with Crippen LogP contribution in [-0.2, 0) is 16.5 Å². The van der Waals surface area contributed by atoms with E-state index in [1.165, 1.54) is 15.9 Å². The Kier molecular flexibility index (Phi) is 5.08. The zero-order valence-electron chi connectivity index (χ0n) is 15.6. The molecule has 1 saturated heterocycles. The minimum Gasteiger partial charge on any atom is -0.477 e. The van der Waals surface area contributed by atoms with Crippen LogP contribution in [0.1, 0.15) is 13.8 Å². The van der Waals surface area contributed by atoms with E-state index in [1.54, 1.807) is 0 Å². The number of ether oxygens (including phenoxy) is 1. The third-order valence-electron chi connectivity index (χ3n) is 5.14. The topological polar surface area (TPSA) is 21.3 Å². The molecule has 4 heteroatoms. The number of hydrogen-bond acceptors (Lipinski definition) is 3. The number of allylic oxidation sites excluding steroid dienone is 5. The molecule has 1 aliphatic heterocycles. The Morgan fingerprint density at radius 2 is 1.59 bits per heavy atom. The molecule has 0 bridgehead atoms. The van der Waals surface area contributed by atoms with Crippen LogP contribution in [-0.4, -0.2) is 12.6 Å². The van der Waals surface area contributed by atoms with Gasteiger partial charge in [0.1, 0.15) is 6.61 Å². The van der Waals surface area contributed by atoms with Crippen LogP contribution in [0.2, 0.25) is 0 Å². The Balaban J connectivity index is 1.84. The molecule has 0 amide bonds. The van der Waals surface area contributed by atoms with Crippen molar-refractivity contribution in [3.63, 3.8) is 0 Å². The molecule has 27 heavy (non-hydrogen) atoms. The van der Waals surface area contributed by atoms with Gasteiger partial charge in [-0.1, -0.05) is 98.5 Å². The van der Waals surface area contributed by atoms with E-state index in [0.717, 1.165) is 11.5 Å². The molecule has 0 unspecified atom stereocenters. The summed E-state index contributed by atoms with van der Waals surface area (Å²) >= 11 is 6.47. The highest BCUT2D eigenvalue weighted by Crippen LogP contribution is 2.57. The maximum Gasteiger partial charge on any atom is 0.195 e. The maximum atomic E-state index is 6.47. The lowest BCUT2D eigenvalue weighted by atomic mass is 10.1. The Bertz CT molecular complexity index is 917. The summed E-state index contributed by atoms with van der Waals surface area (Å²) < 4.78 is 6.06. The third-order valence-corrected chi connectivity index (χ3v) is 10.1. The largest absolute Gasteiger partial charge is 0.477 e.